The van der Waals surface area contributed by atoms with Crippen LogP contribution in [0.5, 0.6) is 5.75 Å². The van der Waals surface area contributed by atoms with E-state index >= 15 is 0 Å². The summed E-state index contributed by atoms with van der Waals surface area (Å²) in [6, 6.07) is 16.0. The molecule has 0 aliphatic rings. The van der Waals surface area contributed by atoms with Crippen molar-refractivity contribution in [3.05, 3.63) is 53.6 Å². The fraction of sp³-hybridized carbons (Fsp3) is 0.250. The summed E-state index contributed by atoms with van der Waals surface area (Å²) in [6.07, 6.45) is 1.90. The molecule has 2 aromatic carbocycles. The predicted octanol–water partition coefficient (Wildman–Crippen LogP) is 5.40. The van der Waals surface area contributed by atoms with E-state index in [1.54, 1.807) is 0 Å². The first-order chi connectivity index (χ1) is 9.31. The maximum absolute atomic E-state index is 6.24. The number of rotatable bonds is 6. The Morgan fingerprint density at radius 3 is 2.37 bits per heavy atom. The summed E-state index contributed by atoms with van der Waals surface area (Å²) in [7, 11) is 0. The molecular formula is C16H16Cl2O. The molecule has 0 radical (unpaired) electrons. The Labute approximate surface area is 124 Å². The van der Waals surface area contributed by atoms with Crippen molar-refractivity contribution in [1.29, 1.82) is 0 Å². The van der Waals surface area contributed by atoms with Crippen molar-refractivity contribution in [2.75, 3.05) is 12.5 Å². The lowest BCUT2D eigenvalue weighted by Crippen LogP contribution is -1.98. The Morgan fingerprint density at radius 2 is 1.68 bits per heavy atom. The minimum absolute atomic E-state index is 0.646. The number of benzene rings is 2. The first-order valence-electron chi connectivity index (χ1n) is 6.35. The fourth-order valence-corrected chi connectivity index (χ4v) is 2.23. The first-order valence-corrected chi connectivity index (χ1v) is 7.26. The van der Waals surface area contributed by atoms with Gasteiger partial charge in [0, 0.05) is 5.88 Å². The summed E-state index contributed by atoms with van der Waals surface area (Å²) >= 11 is 11.9. The number of alkyl halides is 1. The molecule has 0 spiro atoms. The van der Waals surface area contributed by atoms with Gasteiger partial charge in [-0.25, -0.2) is 0 Å². The van der Waals surface area contributed by atoms with E-state index < -0.39 is 0 Å². The molecule has 100 valence electrons. The Morgan fingerprint density at radius 1 is 0.895 bits per heavy atom. The van der Waals surface area contributed by atoms with Crippen LogP contribution in [0.15, 0.2) is 48.5 Å². The molecule has 2 aromatic rings. The number of unbranched alkanes of at least 4 members (excludes halogenated alkanes) is 1. The van der Waals surface area contributed by atoms with E-state index in [0.29, 0.717) is 17.5 Å². The van der Waals surface area contributed by atoms with Crippen LogP contribution in [-0.4, -0.2) is 12.5 Å². The van der Waals surface area contributed by atoms with Crippen LogP contribution < -0.4 is 4.74 Å². The predicted molar refractivity (Wildman–Crippen MR) is 82.3 cm³/mol. The molecule has 19 heavy (non-hydrogen) atoms. The molecule has 0 aliphatic carbocycles. The van der Waals surface area contributed by atoms with E-state index in [1.165, 1.54) is 0 Å². The molecule has 0 atom stereocenters. The smallest absolute Gasteiger partial charge is 0.137 e. The maximum atomic E-state index is 6.24. The molecule has 0 bridgehead atoms. The Balaban J connectivity index is 2.05. The van der Waals surface area contributed by atoms with Gasteiger partial charge >= 0.3 is 0 Å². The minimum atomic E-state index is 0.646. The van der Waals surface area contributed by atoms with E-state index in [0.717, 1.165) is 29.7 Å². The molecule has 0 aliphatic heterocycles. The largest absolute Gasteiger partial charge is 0.492 e. The molecule has 0 aromatic heterocycles. The highest BCUT2D eigenvalue weighted by Gasteiger charge is 2.04. The topological polar surface area (TPSA) is 9.23 Å². The molecule has 0 amide bonds. The van der Waals surface area contributed by atoms with E-state index in [2.05, 4.69) is 12.1 Å². The SMILES string of the molecule is ClCCCCOc1ccc(-c2ccccc2)cc1Cl. The summed E-state index contributed by atoms with van der Waals surface area (Å²) in [5, 5.41) is 0.646. The highest BCUT2D eigenvalue weighted by Crippen LogP contribution is 2.30. The molecule has 2 rings (SSSR count). The van der Waals surface area contributed by atoms with Crippen molar-refractivity contribution >= 4 is 23.2 Å². The van der Waals surface area contributed by atoms with Crippen molar-refractivity contribution in [3.8, 4) is 16.9 Å². The number of hydrogen-bond acceptors (Lipinski definition) is 1. The van der Waals surface area contributed by atoms with Crippen LogP contribution in [0.4, 0.5) is 0 Å². The van der Waals surface area contributed by atoms with Gasteiger partial charge in [-0.3, -0.25) is 0 Å². The van der Waals surface area contributed by atoms with E-state index in [1.807, 2.05) is 36.4 Å². The molecular weight excluding hydrogens is 279 g/mol. The van der Waals surface area contributed by atoms with Gasteiger partial charge in [-0.1, -0.05) is 48.0 Å². The third-order valence-corrected chi connectivity index (χ3v) is 3.39. The molecule has 3 heteroatoms. The van der Waals surface area contributed by atoms with Gasteiger partial charge in [-0.2, -0.15) is 0 Å². The van der Waals surface area contributed by atoms with Gasteiger partial charge in [-0.05, 0) is 36.1 Å². The third-order valence-electron chi connectivity index (χ3n) is 2.82. The van der Waals surface area contributed by atoms with Crippen molar-refractivity contribution in [3.63, 3.8) is 0 Å². The summed E-state index contributed by atoms with van der Waals surface area (Å²) in [4.78, 5) is 0. The van der Waals surface area contributed by atoms with Gasteiger partial charge in [0.1, 0.15) is 5.75 Å². The second-order valence-corrected chi connectivity index (χ2v) is 5.04. The van der Waals surface area contributed by atoms with Gasteiger partial charge in [0.2, 0.25) is 0 Å². The Hall–Kier alpha value is -1.18. The Bertz CT molecular complexity index is 511. The molecule has 0 saturated carbocycles. The average molecular weight is 295 g/mol. The first kappa shape index (κ1) is 14.2. The van der Waals surface area contributed by atoms with Gasteiger partial charge < -0.3 is 4.74 Å². The summed E-state index contributed by atoms with van der Waals surface area (Å²) in [5.74, 6) is 1.40. The molecule has 0 N–H and O–H groups in total. The monoisotopic (exact) mass is 294 g/mol. The normalized spacial score (nSPS) is 10.4. The van der Waals surface area contributed by atoms with Gasteiger partial charge in [0.05, 0.1) is 11.6 Å². The zero-order valence-corrected chi connectivity index (χ0v) is 12.1. The van der Waals surface area contributed by atoms with Crippen LogP contribution in [0.25, 0.3) is 11.1 Å². The molecule has 1 nitrogen and oxygen atoms in total. The quantitative estimate of drug-likeness (QED) is 0.512. The summed E-state index contributed by atoms with van der Waals surface area (Å²) in [5.41, 5.74) is 2.25. The van der Waals surface area contributed by atoms with Gasteiger partial charge in [0.15, 0.2) is 0 Å². The maximum Gasteiger partial charge on any atom is 0.137 e. The number of hydrogen-bond donors (Lipinski definition) is 0. The second-order valence-electron chi connectivity index (χ2n) is 4.26. The van der Waals surface area contributed by atoms with Crippen molar-refractivity contribution in [2.24, 2.45) is 0 Å². The van der Waals surface area contributed by atoms with Crippen molar-refractivity contribution in [2.45, 2.75) is 12.8 Å². The van der Waals surface area contributed by atoms with Crippen molar-refractivity contribution < 1.29 is 4.74 Å². The second kappa shape index (κ2) is 7.42. The van der Waals surface area contributed by atoms with Crippen LogP contribution >= 0.6 is 23.2 Å². The van der Waals surface area contributed by atoms with E-state index in [9.17, 15) is 0 Å². The fourth-order valence-electron chi connectivity index (χ4n) is 1.81. The molecule has 0 heterocycles. The van der Waals surface area contributed by atoms with Crippen LogP contribution in [0, 0.1) is 0 Å². The average Bonchev–Trinajstić information content (AvgIpc) is 2.46. The molecule has 0 fully saturated rings. The highest BCUT2D eigenvalue weighted by atomic mass is 35.5. The van der Waals surface area contributed by atoms with Crippen LogP contribution in [-0.2, 0) is 0 Å². The third kappa shape index (κ3) is 4.15. The standard InChI is InChI=1S/C16H16Cl2O/c17-10-4-5-11-19-16-9-8-14(12-15(16)18)13-6-2-1-3-7-13/h1-3,6-9,12H,4-5,10-11H2. The molecule has 0 unspecified atom stereocenters. The summed E-state index contributed by atoms with van der Waals surface area (Å²) < 4.78 is 5.64. The minimum Gasteiger partial charge on any atom is -0.492 e. The van der Waals surface area contributed by atoms with Gasteiger partial charge in [0.25, 0.3) is 0 Å². The van der Waals surface area contributed by atoms with E-state index in [-0.39, 0.29) is 0 Å². The van der Waals surface area contributed by atoms with Crippen molar-refractivity contribution in [1.82, 2.24) is 0 Å². The van der Waals surface area contributed by atoms with Crippen LogP contribution in [0.3, 0.4) is 0 Å². The van der Waals surface area contributed by atoms with Gasteiger partial charge in [-0.15, -0.1) is 11.6 Å². The Kier molecular flexibility index (Phi) is 5.56. The zero-order chi connectivity index (χ0) is 13.5. The van der Waals surface area contributed by atoms with E-state index in [4.69, 9.17) is 27.9 Å². The number of halogens is 2. The molecule has 0 saturated heterocycles. The highest BCUT2D eigenvalue weighted by molar-refractivity contribution is 6.32. The lowest BCUT2D eigenvalue weighted by molar-refractivity contribution is 0.310. The number of ether oxygens (including phenoxy) is 1. The lowest BCUT2D eigenvalue weighted by atomic mass is 10.1. The van der Waals surface area contributed by atoms with Crippen LogP contribution in [0.2, 0.25) is 5.02 Å². The lowest BCUT2D eigenvalue weighted by Gasteiger charge is -2.09. The van der Waals surface area contributed by atoms with Crippen LogP contribution in [0.1, 0.15) is 12.8 Å². The zero-order valence-electron chi connectivity index (χ0n) is 10.6. The summed E-state index contributed by atoms with van der Waals surface area (Å²) in [6.45, 7) is 0.650.